The normalized spacial score (nSPS) is 17.3. The van der Waals surface area contributed by atoms with E-state index in [2.05, 4.69) is 4.98 Å². The predicted octanol–water partition coefficient (Wildman–Crippen LogP) is 3.25. The van der Waals surface area contributed by atoms with Crippen LogP contribution in [0.5, 0.6) is 0 Å². The lowest BCUT2D eigenvalue weighted by Crippen LogP contribution is -2.49. The molecular formula is C15H21ClF3N3O2S. The van der Waals surface area contributed by atoms with Gasteiger partial charge < -0.3 is 4.90 Å². The predicted molar refractivity (Wildman–Crippen MR) is 91.3 cm³/mol. The first-order chi connectivity index (χ1) is 11.5. The van der Waals surface area contributed by atoms with E-state index in [1.165, 1.54) is 4.31 Å². The highest BCUT2D eigenvalue weighted by Crippen LogP contribution is 2.33. The van der Waals surface area contributed by atoms with Crippen LogP contribution in [-0.2, 0) is 16.2 Å². The number of halogens is 4. The topological polar surface area (TPSA) is 53.5 Å². The zero-order valence-electron chi connectivity index (χ0n) is 14.1. The molecule has 1 aliphatic rings. The lowest BCUT2D eigenvalue weighted by Gasteiger charge is -2.35. The van der Waals surface area contributed by atoms with Gasteiger partial charge in [0.2, 0.25) is 10.0 Å². The van der Waals surface area contributed by atoms with Gasteiger partial charge in [-0.25, -0.2) is 13.4 Å². The molecule has 5 nitrogen and oxygen atoms in total. The maximum Gasteiger partial charge on any atom is 0.417 e. The third kappa shape index (κ3) is 5.21. The van der Waals surface area contributed by atoms with Crippen LogP contribution in [0.4, 0.5) is 19.0 Å². The summed E-state index contributed by atoms with van der Waals surface area (Å²) in [7, 11) is -3.32. The fourth-order valence-electron chi connectivity index (χ4n) is 2.51. The summed E-state index contributed by atoms with van der Waals surface area (Å²) in [5.74, 6) is 0.643. The zero-order chi connectivity index (χ0) is 18.8. The van der Waals surface area contributed by atoms with Crippen LogP contribution in [0.15, 0.2) is 12.3 Å². The molecule has 1 fully saturated rings. The average molecular weight is 400 g/mol. The molecule has 0 amide bonds. The van der Waals surface area contributed by atoms with Crippen molar-refractivity contribution in [3.8, 4) is 0 Å². The maximum absolute atomic E-state index is 12.7. The molecule has 25 heavy (non-hydrogen) atoms. The molecule has 142 valence electrons. The number of hydrogen-bond acceptors (Lipinski definition) is 4. The first kappa shape index (κ1) is 20.3. The molecular weight excluding hydrogens is 379 g/mol. The van der Waals surface area contributed by atoms with E-state index in [4.69, 9.17) is 11.6 Å². The molecule has 0 radical (unpaired) electrons. The smallest absolute Gasteiger partial charge is 0.353 e. The van der Waals surface area contributed by atoms with Gasteiger partial charge in [-0.05, 0) is 18.4 Å². The minimum Gasteiger partial charge on any atom is -0.353 e. The van der Waals surface area contributed by atoms with Crippen molar-refractivity contribution < 1.29 is 21.6 Å². The molecule has 0 unspecified atom stereocenters. The molecule has 0 N–H and O–H groups in total. The Labute approximate surface area is 150 Å². The highest BCUT2D eigenvalue weighted by molar-refractivity contribution is 7.89. The molecule has 1 saturated heterocycles. The molecule has 0 aromatic carbocycles. The number of pyridine rings is 1. The Morgan fingerprint density at radius 2 is 1.84 bits per heavy atom. The first-order valence-electron chi connectivity index (χ1n) is 7.96. The van der Waals surface area contributed by atoms with E-state index in [1.54, 1.807) is 4.90 Å². The lowest BCUT2D eigenvalue weighted by molar-refractivity contribution is -0.137. The third-order valence-electron chi connectivity index (χ3n) is 4.03. The highest BCUT2D eigenvalue weighted by Gasteiger charge is 2.33. The molecule has 0 bridgehead atoms. The van der Waals surface area contributed by atoms with Gasteiger partial charge in [0.25, 0.3) is 0 Å². The lowest BCUT2D eigenvalue weighted by atomic mass is 10.2. The summed E-state index contributed by atoms with van der Waals surface area (Å²) >= 11 is 5.94. The fraction of sp³-hybridized carbons (Fsp3) is 0.667. The van der Waals surface area contributed by atoms with Gasteiger partial charge in [0.05, 0.1) is 16.3 Å². The molecule has 0 spiro atoms. The number of nitrogens with zero attached hydrogens (tertiary/aromatic N) is 3. The van der Waals surface area contributed by atoms with Crippen molar-refractivity contribution in [3.63, 3.8) is 0 Å². The summed E-state index contributed by atoms with van der Waals surface area (Å²) in [6.45, 7) is 5.12. The van der Waals surface area contributed by atoms with Gasteiger partial charge in [-0.15, -0.1) is 0 Å². The fourth-order valence-corrected chi connectivity index (χ4v) is 4.54. The third-order valence-corrected chi connectivity index (χ3v) is 6.22. The van der Waals surface area contributed by atoms with E-state index in [1.807, 2.05) is 13.8 Å². The van der Waals surface area contributed by atoms with E-state index in [0.29, 0.717) is 25.4 Å². The zero-order valence-corrected chi connectivity index (χ0v) is 15.6. The summed E-state index contributed by atoms with van der Waals surface area (Å²) in [4.78, 5) is 5.53. The minimum atomic E-state index is -4.50. The molecule has 1 aromatic rings. The Morgan fingerprint density at radius 3 is 2.32 bits per heavy atom. The summed E-state index contributed by atoms with van der Waals surface area (Å²) in [6.07, 6.45) is -3.17. The summed E-state index contributed by atoms with van der Waals surface area (Å²) in [5, 5.41) is -0.0917. The van der Waals surface area contributed by atoms with Crippen molar-refractivity contribution in [1.82, 2.24) is 9.29 Å². The van der Waals surface area contributed by atoms with Crippen LogP contribution < -0.4 is 4.90 Å². The van der Waals surface area contributed by atoms with Gasteiger partial charge in [0.15, 0.2) is 0 Å². The van der Waals surface area contributed by atoms with E-state index in [9.17, 15) is 21.6 Å². The molecule has 2 rings (SSSR count). The molecule has 0 atom stereocenters. The second kappa shape index (κ2) is 7.67. The Hall–Kier alpha value is -1.06. The summed E-state index contributed by atoms with van der Waals surface area (Å²) in [5.41, 5.74) is -0.906. The molecule has 1 aliphatic heterocycles. The van der Waals surface area contributed by atoms with Crippen molar-refractivity contribution in [2.75, 3.05) is 36.8 Å². The largest absolute Gasteiger partial charge is 0.417 e. The van der Waals surface area contributed by atoms with Crippen LogP contribution in [0.25, 0.3) is 0 Å². The quantitative estimate of drug-likeness (QED) is 0.762. The van der Waals surface area contributed by atoms with Gasteiger partial charge >= 0.3 is 6.18 Å². The summed E-state index contributed by atoms with van der Waals surface area (Å²) in [6, 6.07) is 0.843. The van der Waals surface area contributed by atoms with Crippen LogP contribution >= 0.6 is 11.6 Å². The van der Waals surface area contributed by atoms with Crippen molar-refractivity contribution in [3.05, 3.63) is 22.8 Å². The second-order valence-corrected chi connectivity index (χ2v) is 8.91. The minimum absolute atomic E-state index is 0.0917. The van der Waals surface area contributed by atoms with Crippen LogP contribution in [0.3, 0.4) is 0 Å². The van der Waals surface area contributed by atoms with E-state index in [0.717, 1.165) is 12.3 Å². The Kier molecular flexibility index (Phi) is 6.22. The van der Waals surface area contributed by atoms with Gasteiger partial charge in [-0.2, -0.15) is 17.5 Å². The summed E-state index contributed by atoms with van der Waals surface area (Å²) < 4.78 is 64.0. The van der Waals surface area contributed by atoms with Crippen molar-refractivity contribution in [1.29, 1.82) is 0 Å². The molecule has 10 heteroatoms. The van der Waals surface area contributed by atoms with Crippen LogP contribution in [-0.4, -0.2) is 49.6 Å². The molecule has 1 aromatic heterocycles. The first-order valence-corrected chi connectivity index (χ1v) is 9.95. The van der Waals surface area contributed by atoms with Crippen LogP contribution in [0.1, 0.15) is 25.8 Å². The van der Waals surface area contributed by atoms with Crippen molar-refractivity contribution >= 4 is 27.4 Å². The van der Waals surface area contributed by atoms with Gasteiger partial charge in [0.1, 0.15) is 5.82 Å². The Morgan fingerprint density at radius 1 is 1.24 bits per heavy atom. The number of piperazine rings is 1. The van der Waals surface area contributed by atoms with E-state index in [-0.39, 0.29) is 29.7 Å². The number of alkyl halides is 3. The SMILES string of the molecule is CC(C)CCS(=O)(=O)N1CCN(c2ncc(C(F)(F)F)cc2Cl)CC1. The number of anilines is 1. The highest BCUT2D eigenvalue weighted by atomic mass is 35.5. The van der Waals surface area contributed by atoms with Gasteiger partial charge in [0, 0.05) is 32.4 Å². The van der Waals surface area contributed by atoms with Crippen LogP contribution in [0.2, 0.25) is 5.02 Å². The Bertz CT molecular complexity index is 702. The van der Waals surface area contributed by atoms with Crippen LogP contribution in [0, 0.1) is 5.92 Å². The monoisotopic (exact) mass is 399 g/mol. The van der Waals surface area contributed by atoms with Gasteiger partial charge in [-0.1, -0.05) is 25.4 Å². The average Bonchev–Trinajstić information content (AvgIpc) is 2.52. The molecule has 0 aliphatic carbocycles. The van der Waals surface area contributed by atoms with E-state index >= 15 is 0 Å². The number of rotatable bonds is 5. The van der Waals surface area contributed by atoms with E-state index < -0.39 is 21.8 Å². The van der Waals surface area contributed by atoms with Crippen molar-refractivity contribution in [2.45, 2.75) is 26.4 Å². The van der Waals surface area contributed by atoms with Gasteiger partial charge in [-0.3, -0.25) is 0 Å². The number of hydrogen-bond donors (Lipinski definition) is 0. The maximum atomic E-state index is 12.7. The number of sulfonamides is 1. The second-order valence-electron chi connectivity index (χ2n) is 6.41. The van der Waals surface area contributed by atoms with Crippen molar-refractivity contribution in [2.24, 2.45) is 5.92 Å². The molecule has 2 heterocycles. The standard InChI is InChI=1S/C15H21ClF3N3O2S/c1-11(2)3-8-25(23,24)22-6-4-21(5-7-22)14-13(16)9-12(10-20-14)15(17,18)19/h9-11H,3-8H2,1-2H3. The Balaban J connectivity index is 2.03. The number of aromatic nitrogens is 1. The molecule has 0 saturated carbocycles.